The Bertz CT molecular complexity index is 860. The molecule has 1 atom stereocenters. The van der Waals surface area contributed by atoms with E-state index in [-0.39, 0.29) is 23.0 Å². The van der Waals surface area contributed by atoms with Gasteiger partial charge in [0, 0.05) is 11.8 Å². The minimum Gasteiger partial charge on any atom is -0.497 e. The zero-order valence-corrected chi connectivity index (χ0v) is 16.1. The van der Waals surface area contributed by atoms with Crippen LogP contribution in [0.5, 0.6) is 5.75 Å². The van der Waals surface area contributed by atoms with Crippen LogP contribution in [-0.2, 0) is 9.53 Å². The molecule has 156 valence electrons. The van der Waals surface area contributed by atoms with Gasteiger partial charge in [-0.2, -0.15) is 13.2 Å². The van der Waals surface area contributed by atoms with E-state index in [9.17, 15) is 22.8 Å². The molecule has 11 heteroatoms. The maximum Gasteiger partial charge on any atom is 0.441 e. The Balaban J connectivity index is 2.46. The van der Waals surface area contributed by atoms with Crippen LogP contribution >= 0.6 is 11.6 Å². The van der Waals surface area contributed by atoms with Crippen molar-refractivity contribution in [2.24, 2.45) is 0 Å². The topological polar surface area (TPSA) is 89.5 Å². The van der Waals surface area contributed by atoms with Gasteiger partial charge in [0.15, 0.2) is 0 Å². The number of alkyl halides is 3. The Kier molecular flexibility index (Phi) is 6.91. The molecule has 0 aliphatic heterocycles. The Hall–Kier alpha value is -3.01. The molecule has 2 aromatic rings. The first kappa shape index (κ1) is 22.3. The number of hydrogen-bond donors (Lipinski definition) is 2. The molecule has 0 fully saturated rings. The van der Waals surface area contributed by atoms with Crippen molar-refractivity contribution in [2.75, 3.05) is 19.0 Å². The summed E-state index contributed by atoms with van der Waals surface area (Å²) in [5, 5.41) is 3.82. The Morgan fingerprint density at radius 2 is 1.79 bits per heavy atom. The van der Waals surface area contributed by atoms with Gasteiger partial charge in [-0.15, -0.1) is 0 Å². The van der Waals surface area contributed by atoms with E-state index in [4.69, 9.17) is 16.3 Å². The summed E-state index contributed by atoms with van der Waals surface area (Å²) in [6.45, 7) is 0.996. The van der Waals surface area contributed by atoms with Crippen LogP contribution in [0.2, 0.25) is 5.02 Å². The van der Waals surface area contributed by atoms with Crippen molar-refractivity contribution in [3.05, 3.63) is 53.2 Å². The standard InChI is InChI=1S/C18H17ClF3N3O4/c1-3-29-16(27)17(18(20,21)22,24-14-9-6-12(19)10-23-14)25-15(26)11-4-7-13(28-2)8-5-11/h4-10H,3H2,1-2H3,(H,23,24)(H,25,26). The van der Waals surface area contributed by atoms with Crippen LogP contribution in [0.4, 0.5) is 19.0 Å². The number of amides is 1. The zero-order valence-electron chi connectivity index (χ0n) is 15.3. The van der Waals surface area contributed by atoms with E-state index in [0.717, 1.165) is 12.3 Å². The number of anilines is 1. The van der Waals surface area contributed by atoms with Crippen LogP contribution in [0.25, 0.3) is 0 Å². The molecule has 0 radical (unpaired) electrons. The highest BCUT2D eigenvalue weighted by Gasteiger charge is 2.64. The molecule has 1 amide bonds. The van der Waals surface area contributed by atoms with E-state index in [1.807, 2.05) is 5.32 Å². The van der Waals surface area contributed by atoms with Gasteiger partial charge in [0.2, 0.25) is 0 Å². The van der Waals surface area contributed by atoms with Gasteiger partial charge in [0.1, 0.15) is 11.6 Å². The molecule has 7 nitrogen and oxygen atoms in total. The lowest BCUT2D eigenvalue weighted by Crippen LogP contribution is -2.69. The van der Waals surface area contributed by atoms with Gasteiger partial charge >= 0.3 is 17.8 Å². The fraction of sp³-hybridized carbons (Fsp3) is 0.278. The minimum absolute atomic E-state index is 0.130. The van der Waals surface area contributed by atoms with Gasteiger partial charge in [0.05, 0.1) is 18.7 Å². The number of ether oxygens (including phenoxy) is 2. The highest BCUT2D eigenvalue weighted by molar-refractivity contribution is 6.30. The molecule has 1 aromatic heterocycles. The monoisotopic (exact) mass is 431 g/mol. The van der Waals surface area contributed by atoms with E-state index >= 15 is 0 Å². The highest BCUT2D eigenvalue weighted by Crippen LogP contribution is 2.33. The highest BCUT2D eigenvalue weighted by atomic mass is 35.5. The van der Waals surface area contributed by atoms with Gasteiger partial charge in [-0.3, -0.25) is 4.79 Å². The van der Waals surface area contributed by atoms with Gasteiger partial charge < -0.3 is 20.1 Å². The summed E-state index contributed by atoms with van der Waals surface area (Å²) in [6.07, 6.45) is -4.19. The molecule has 2 rings (SSSR count). The minimum atomic E-state index is -5.28. The second-order valence-electron chi connectivity index (χ2n) is 5.64. The molecule has 1 unspecified atom stereocenters. The number of esters is 1. The van der Waals surface area contributed by atoms with Gasteiger partial charge in [-0.25, -0.2) is 9.78 Å². The number of methoxy groups -OCH3 is 1. The van der Waals surface area contributed by atoms with Crippen molar-refractivity contribution in [3.63, 3.8) is 0 Å². The Morgan fingerprint density at radius 1 is 1.14 bits per heavy atom. The number of pyridine rings is 1. The second kappa shape index (κ2) is 8.99. The molecule has 1 heterocycles. The summed E-state index contributed by atoms with van der Waals surface area (Å²) in [7, 11) is 1.40. The van der Waals surface area contributed by atoms with Crippen LogP contribution in [0, 0.1) is 0 Å². The molecule has 2 N–H and O–H groups in total. The van der Waals surface area contributed by atoms with Crippen molar-refractivity contribution in [1.29, 1.82) is 0 Å². The zero-order chi connectivity index (χ0) is 21.7. The lowest BCUT2D eigenvalue weighted by Gasteiger charge is -2.34. The molecule has 1 aromatic carbocycles. The first-order valence-corrected chi connectivity index (χ1v) is 8.61. The third-order valence-electron chi connectivity index (χ3n) is 3.70. The van der Waals surface area contributed by atoms with Gasteiger partial charge in [-0.1, -0.05) is 11.6 Å². The van der Waals surface area contributed by atoms with Crippen LogP contribution < -0.4 is 15.4 Å². The average Bonchev–Trinajstić information content (AvgIpc) is 2.68. The number of halogens is 4. The summed E-state index contributed by atoms with van der Waals surface area (Å²) in [4.78, 5) is 28.6. The predicted octanol–water partition coefficient (Wildman–Crippen LogP) is 3.41. The third-order valence-corrected chi connectivity index (χ3v) is 3.93. The first-order valence-electron chi connectivity index (χ1n) is 8.23. The third kappa shape index (κ3) is 5.08. The number of carbonyl (C=O) groups excluding carboxylic acids is 2. The molecular weight excluding hydrogens is 415 g/mol. The predicted molar refractivity (Wildman–Crippen MR) is 98.7 cm³/mol. The van der Waals surface area contributed by atoms with Crippen molar-refractivity contribution < 1.29 is 32.2 Å². The van der Waals surface area contributed by atoms with E-state index in [1.54, 1.807) is 5.32 Å². The normalized spacial score (nSPS) is 13.2. The fourth-order valence-corrected chi connectivity index (χ4v) is 2.37. The maximum absolute atomic E-state index is 14.1. The van der Waals surface area contributed by atoms with Crippen molar-refractivity contribution >= 4 is 29.3 Å². The SMILES string of the molecule is CCOC(=O)C(NC(=O)c1ccc(OC)cc1)(Nc1ccc(Cl)cn1)C(F)(F)F. The molecule has 0 aliphatic carbocycles. The number of nitrogens with one attached hydrogen (secondary N) is 2. The van der Waals surface area contributed by atoms with Crippen LogP contribution in [0.3, 0.4) is 0 Å². The maximum atomic E-state index is 14.1. The van der Waals surface area contributed by atoms with Crippen molar-refractivity contribution in [1.82, 2.24) is 10.3 Å². The molecule has 0 saturated heterocycles. The molecule has 0 aliphatic rings. The van der Waals surface area contributed by atoms with Gasteiger partial charge in [0.25, 0.3) is 5.91 Å². The largest absolute Gasteiger partial charge is 0.497 e. The molecule has 0 spiro atoms. The molecule has 0 saturated carbocycles. The number of rotatable bonds is 7. The van der Waals surface area contributed by atoms with E-state index in [1.165, 1.54) is 44.4 Å². The lowest BCUT2D eigenvalue weighted by molar-refractivity contribution is -0.204. The number of aromatic nitrogens is 1. The first-order chi connectivity index (χ1) is 13.6. The van der Waals surface area contributed by atoms with Crippen LogP contribution in [0.15, 0.2) is 42.6 Å². The van der Waals surface area contributed by atoms with Gasteiger partial charge in [-0.05, 0) is 43.3 Å². The Labute approximate surface area is 169 Å². The summed E-state index contributed by atoms with van der Waals surface area (Å²) in [5.41, 5.74) is -3.71. The van der Waals surface area contributed by atoms with Crippen molar-refractivity contribution in [3.8, 4) is 5.75 Å². The second-order valence-corrected chi connectivity index (χ2v) is 6.07. The number of hydrogen-bond acceptors (Lipinski definition) is 6. The number of nitrogens with zero attached hydrogens (tertiary/aromatic N) is 1. The quantitative estimate of drug-likeness (QED) is 0.516. The van der Waals surface area contributed by atoms with Crippen LogP contribution in [-0.4, -0.2) is 42.4 Å². The molecule has 29 heavy (non-hydrogen) atoms. The van der Waals surface area contributed by atoms with E-state index in [0.29, 0.717) is 5.75 Å². The number of benzene rings is 1. The lowest BCUT2D eigenvalue weighted by atomic mass is 10.1. The van der Waals surface area contributed by atoms with Crippen molar-refractivity contribution in [2.45, 2.75) is 18.8 Å². The summed E-state index contributed by atoms with van der Waals surface area (Å²) in [5.74, 6) is -2.86. The number of carbonyl (C=O) groups is 2. The van der Waals surface area contributed by atoms with Crippen LogP contribution in [0.1, 0.15) is 17.3 Å². The average molecular weight is 432 g/mol. The Morgan fingerprint density at radius 3 is 2.28 bits per heavy atom. The fourth-order valence-electron chi connectivity index (χ4n) is 2.26. The summed E-state index contributed by atoms with van der Waals surface area (Å²) in [6, 6.07) is 7.68. The molecular formula is C18H17ClF3N3O4. The molecule has 0 bridgehead atoms. The van der Waals surface area contributed by atoms with E-state index < -0.39 is 23.7 Å². The smallest absolute Gasteiger partial charge is 0.441 e. The summed E-state index contributed by atoms with van der Waals surface area (Å²) >= 11 is 5.69. The van der Waals surface area contributed by atoms with E-state index in [2.05, 4.69) is 9.72 Å². The summed E-state index contributed by atoms with van der Waals surface area (Å²) < 4.78 is 51.7.